The molecule has 0 amide bonds. The topological polar surface area (TPSA) is 84.7 Å². The summed E-state index contributed by atoms with van der Waals surface area (Å²) in [6.45, 7) is 4.66. The first kappa shape index (κ1) is 20.7. The van der Waals surface area contributed by atoms with E-state index in [1.165, 1.54) is 0 Å². The maximum Gasteiger partial charge on any atom is 0.298 e. The Morgan fingerprint density at radius 1 is 1.13 bits per heavy atom. The van der Waals surface area contributed by atoms with Crippen molar-refractivity contribution >= 4 is 27.1 Å². The lowest BCUT2D eigenvalue weighted by Gasteiger charge is -2.30. The van der Waals surface area contributed by atoms with E-state index >= 15 is 0 Å². The highest BCUT2D eigenvalue weighted by molar-refractivity contribution is 7.89. The number of fused-ring (bicyclic) bond motifs is 1. The number of piperidine rings is 1. The van der Waals surface area contributed by atoms with Crippen molar-refractivity contribution in [1.29, 1.82) is 0 Å². The highest BCUT2D eigenvalue weighted by Gasteiger charge is 2.24. The number of aromatic nitrogens is 1. The van der Waals surface area contributed by atoms with Crippen molar-refractivity contribution in [2.45, 2.75) is 31.1 Å². The molecule has 7 nitrogen and oxygen atoms in total. The van der Waals surface area contributed by atoms with Crippen LogP contribution in [-0.2, 0) is 10.0 Å². The molecule has 1 aromatic heterocycles. The first-order valence-corrected chi connectivity index (χ1v) is 11.9. The maximum atomic E-state index is 12.6. The van der Waals surface area contributed by atoms with Crippen LogP contribution in [-0.4, -0.2) is 39.6 Å². The van der Waals surface area contributed by atoms with Crippen LogP contribution in [0.1, 0.15) is 26.2 Å². The monoisotopic (exact) mass is 429 g/mol. The molecule has 0 unspecified atom stereocenters. The molecule has 160 valence electrons. The predicted octanol–water partition coefficient (Wildman–Crippen LogP) is 3.81. The number of ether oxygens (including phenoxy) is 1. The van der Waals surface area contributed by atoms with E-state index in [1.54, 1.807) is 24.3 Å². The van der Waals surface area contributed by atoms with E-state index in [2.05, 4.69) is 14.6 Å². The Hall–Kier alpha value is -2.58. The van der Waals surface area contributed by atoms with Gasteiger partial charge in [-0.25, -0.2) is 13.1 Å². The SMILES string of the molecule is CCCOc1ccc(S(=O)(=O)NCC2CCN(c3nc4ccccc4o3)CC2)cc1. The molecular weight excluding hydrogens is 402 g/mol. The molecule has 1 saturated heterocycles. The minimum Gasteiger partial charge on any atom is -0.494 e. The van der Waals surface area contributed by atoms with Gasteiger partial charge in [0.25, 0.3) is 6.01 Å². The average Bonchev–Trinajstić information content (AvgIpc) is 3.21. The maximum absolute atomic E-state index is 12.6. The van der Waals surface area contributed by atoms with Gasteiger partial charge in [0.05, 0.1) is 11.5 Å². The molecule has 4 rings (SSSR count). The molecule has 1 N–H and O–H groups in total. The quantitative estimate of drug-likeness (QED) is 0.586. The second-order valence-electron chi connectivity index (χ2n) is 7.57. The lowest BCUT2D eigenvalue weighted by atomic mass is 9.97. The number of sulfonamides is 1. The average molecular weight is 430 g/mol. The molecular formula is C22H27N3O4S. The number of oxazole rings is 1. The molecule has 2 heterocycles. The molecule has 0 atom stereocenters. The van der Waals surface area contributed by atoms with Gasteiger partial charge in [-0.3, -0.25) is 0 Å². The van der Waals surface area contributed by atoms with Crippen molar-refractivity contribution in [3.8, 4) is 5.75 Å². The van der Waals surface area contributed by atoms with E-state index < -0.39 is 10.0 Å². The Kier molecular flexibility index (Phi) is 6.24. The molecule has 0 bridgehead atoms. The van der Waals surface area contributed by atoms with Crippen molar-refractivity contribution in [1.82, 2.24) is 9.71 Å². The largest absolute Gasteiger partial charge is 0.494 e. The number of nitrogens with one attached hydrogen (secondary N) is 1. The Balaban J connectivity index is 1.29. The van der Waals surface area contributed by atoms with E-state index in [1.807, 2.05) is 31.2 Å². The first-order chi connectivity index (χ1) is 14.5. The Morgan fingerprint density at radius 3 is 2.57 bits per heavy atom. The fourth-order valence-corrected chi connectivity index (χ4v) is 4.69. The molecule has 1 aliphatic rings. The van der Waals surface area contributed by atoms with Crippen LogP contribution in [0.2, 0.25) is 0 Å². The van der Waals surface area contributed by atoms with Crippen LogP contribution in [0, 0.1) is 5.92 Å². The summed E-state index contributed by atoms with van der Waals surface area (Å²) in [6.07, 6.45) is 2.67. The summed E-state index contributed by atoms with van der Waals surface area (Å²) >= 11 is 0. The Bertz CT molecular complexity index is 1040. The van der Waals surface area contributed by atoms with Gasteiger partial charge in [0.15, 0.2) is 5.58 Å². The number of hydrogen-bond acceptors (Lipinski definition) is 6. The van der Waals surface area contributed by atoms with Gasteiger partial charge in [-0.05, 0) is 61.6 Å². The second kappa shape index (κ2) is 9.06. The lowest BCUT2D eigenvalue weighted by Crippen LogP contribution is -2.38. The normalized spacial score (nSPS) is 15.6. The molecule has 30 heavy (non-hydrogen) atoms. The van der Waals surface area contributed by atoms with E-state index in [0.29, 0.717) is 24.9 Å². The lowest BCUT2D eigenvalue weighted by molar-refractivity contribution is 0.317. The van der Waals surface area contributed by atoms with Crippen molar-refractivity contribution in [3.05, 3.63) is 48.5 Å². The van der Waals surface area contributed by atoms with E-state index in [-0.39, 0.29) is 10.8 Å². The molecule has 0 spiro atoms. The van der Waals surface area contributed by atoms with Crippen LogP contribution in [0.25, 0.3) is 11.1 Å². The molecule has 1 aliphatic heterocycles. The minimum atomic E-state index is -3.53. The third-order valence-electron chi connectivity index (χ3n) is 5.34. The van der Waals surface area contributed by atoms with Crippen molar-refractivity contribution in [2.75, 3.05) is 31.1 Å². The number of benzene rings is 2. The van der Waals surface area contributed by atoms with E-state index in [4.69, 9.17) is 9.15 Å². The van der Waals surface area contributed by atoms with Crippen LogP contribution in [0.3, 0.4) is 0 Å². The van der Waals surface area contributed by atoms with Crippen molar-refractivity contribution in [2.24, 2.45) is 5.92 Å². The fourth-order valence-electron chi connectivity index (χ4n) is 3.57. The highest BCUT2D eigenvalue weighted by atomic mass is 32.2. The van der Waals surface area contributed by atoms with Crippen LogP contribution in [0.5, 0.6) is 5.75 Å². The van der Waals surface area contributed by atoms with Crippen LogP contribution in [0.15, 0.2) is 57.8 Å². The summed E-state index contributed by atoms with van der Waals surface area (Å²) in [5.74, 6) is 0.968. The summed E-state index contributed by atoms with van der Waals surface area (Å²) in [7, 11) is -3.53. The number of rotatable bonds is 8. The third-order valence-corrected chi connectivity index (χ3v) is 6.78. The zero-order valence-corrected chi connectivity index (χ0v) is 17.9. The molecule has 3 aromatic rings. The fraction of sp³-hybridized carbons (Fsp3) is 0.409. The summed E-state index contributed by atoms with van der Waals surface area (Å²) in [6, 6.07) is 14.9. The zero-order chi connectivity index (χ0) is 21.0. The molecule has 1 fully saturated rings. The second-order valence-corrected chi connectivity index (χ2v) is 9.33. The minimum absolute atomic E-state index is 0.260. The first-order valence-electron chi connectivity index (χ1n) is 10.4. The van der Waals surface area contributed by atoms with Gasteiger partial charge in [-0.2, -0.15) is 4.98 Å². The highest BCUT2D eigenvalue weighted by Crippen LogP contribution is 2.26. The number of para-hydroxylation sites is 2. The molecule has 0 aliphatic carbocycles. The summed E-state index contributed by atoms with van der Waals surface area (Å²) in [4.78, 5) is 6.93. The van der Waals surface area contributed by atoms with E-state index in [9.17, 15) is 8.42 Å². The smallest absolute Gasteiger partial charge is 0.298 e. The summed E-state index contributed by atoms with van der Waals surface area (Å²) in [5, 5.41) is 0. The van der Waals surface area contributed by atoms with Gasteiger partial charge < -0.3 is 14.1 Å². The van der Waals surface area contributed by atoms with Gasteiger partial charge in [-0.15, -0.1) is 0 Å². The third kappa shape index (κ3) is 4.76. The molecule has 2 aromatic carbocycles. The Morgan fingerprint density at radius 2 is 1.87 bits per heavy atom. The predicted molar refractivity (Wildman–Crippen MR) is 116 cm³/mol. The van der Waals surface area contributed by atoms with Gasteiger partial charge >= 0.3 is 0 Å². The van der Waals surface area contributed by atoms with Crippen LogP contribution in [0.4, 0.5) is 6.01 Å². The van der Waals surface area contributed by atoms with Gasteiger partial charge in [0.1, 0.15) is 11.3 Å². The van der Waals surface area contributed by atoms with Crippen molar-refractivity contribution in [3.63, 3.8) is 0 Å². The molecule has 0 saturated carbocycles. The van der Waals surface area contributed by atoms with Gasteiger partial charge in [0.2, 0.25) is 10.0 Å². The van der Waals surface area contributed by atoms with E-state index in [0.717, 1.165) is 43.5 Å². The van der Waals surface area contributed by atoms with Gasteiger partial charge in [0, 0.05) is 19.6 Å². The Labute approximate surface area is 177 Å². The van der Waals surface area contributed by atoms with Crippen LogP contribution < -0.4 is 14.4 Å². The number of anilines is 1. The number of nitrogens with zero attached hydrogens (tertiary/aromatic N) is 2. The molecule has 0 radical (unpaired) electrons. The zero-order valence-electron chi connectivity index (χ0n) is 17.1. The molecule has 8 heteroatoms. The summed E-state index contributed by atoms with van der Waals surface area (Å²) < 4.78 is 39.3. The number of hydrogen-bond donors (Lipinski definition) is 1. The van der Waals surface area contributed by atoms with Crippen LogP contribution >= 0.6 is 0 Å². The summed E-state index contributed by atoms with van der Waals surface area (Å²) in [5.41, 5.74) is 1.64. The van der Waals surface area contributed by atoms with Crippen molar-refractivity contribution < 1.29 is 17.6 Å². The van der Waals surface area contributed by atoms with Gasteiger partial charge in [-0.1, -0.05) is 19.1 Å². The standard InChI is InChI=1S/C22H27N3O4S/c1-2-15-28-18-7-9-19(10-8-18)30(26,27)23-16-17-11-13-25(14-12-17)22-24-20-5-3-4-6-21(20)29-22/h3-10,17,23H,2,11-16H2,1H3.